The predicted octanol–water partition coefficient (Wildman–Crippen LogP) is 1.42. The zero-order valence-electron chi connectivity index (χ0n) is 9.49. The van der Waals surface area contributed by atoms with Crippen LogP contribution in [0.5, 0.6) is 11.5 Å². The Morgan fingerprint density at radius 3 is 2.76 bits per heavy atom. The molecule has 17 heavy (non-hydrogen) atoms. The molecule has 2 heterocycles. The van der Waals surface area contributed by atoms with Crippen LogP contribution in [0.4, 0.5) is 0 Å². The normalized spacial score (nSPS) is 19.7. The van der Waals surface area contributed by atoms with Crippen LogP contribution in [-0.4, -0.2) is 31.6 Å². The first-order valence-electron chi connectivity index (χ1n) is 5.33. The zero-order valence-corrected chi connectivity index (χ0v) is 10.3. The molecule has 1 fully saturated rings. The van der Waals surface area contributed by atoms with Gasteiger partial charge < -0.3 is 14.8 Å². The van der Waals surface area contributed by atoms with E-state index in [-0.39, 0.29) is 23.8 Å². The zero-order chi connectivity index (χ0) is 11.2. The minimum absolute atomic E-state index is 0. The summed E-state index contributed by atoms with van der Waals surface area (Å²) in [5.74, 6) is 1.51. The van der Waals surface area contributed by atoms with Crippen LogP contribution < -0.4 is 14.8 Å². The SMILES string of the molecule is COc1ccc2c(c1)C(=O)CC1(CNC1)O2.Cl. The number of hydrogen-bond acceptors (Lipinski definition) is 4. The Labute approximate surface area is 106 Å². The van der Waals surface area contributed by atoms with Gasteiger partial charge in [0.25, 0.3) is 0 Å². The van der Waals surface area contributed by atoms with E-state index in [0.29, 0.717) is 23.5 Å². The van der Waals surface area contributed by atoms with E-state index in [2.05, 4.69) is 5.32 Å². The van der Waals surface area contributed by atoms with Gasteiger partial charge in [0.15, 0.2) is 5.78 Å². The van der Waals surface area contributed by atoms with Crippen LogP contribution in [0, 0.1) is 0 Å². The molecule has 0 amide bonds. The summed E-state index contributed by atoms with van der Waals surface area (Å²) in [7, 11) is 1.59. The molecular formula is C12H14ClNO3. The van der Waals surface area contributed by atoms with Crippen molar-refractivity contribution in [2.75, 3.05) is 20.2 Å². The van der Waals surface area contributed by atoms with Crippen molar-refractivity contribution in [1.29, 1.82) is 0 Å². The molecule has 1 spiro atoms. The molecule has 5 heteroatoms. The largest absolute Gasteiger partial charge is 0.497 e. The van der Waals surface area contributed by atoms with Gasteiger partial charge in [-0.25, -0.2) is 0 Å². The second-order valence-electron chi connectivity index (χ2n) is 4.35. The highest BCUT2D eigenvalue weighted by atomic mass is 35.5. The van der Waals surface area contributed by atoms with E-state index >= 15 is 0 Å². The quantitative estimate of drug-likeness (QED) is 0.825. The Morgan fingerprint density at radius 2 is 2.18 bits per heavy atom. The monoisotopic (exact) mass is 255 g/mol. The van der Waals surface area contributed by atoms with Gasteiger partial charge in [0.2, 0.25) is 0 Å². The number of ketones is 1. The summed E-state index contributed by atoms with van der Waals surface area (Å²) in [6.45, 7) is 1.51. The third-order valence-electron chi connectivity index (χ3n) is 3.19. The van der Waals surface area contributed by atoms with Gasteiger partial charge in [-0.3, -0.25) is 4.79 Å². The lowest BCUT2D eigenvalue weighted by molar-refractivity contribution is 0.00234. The third-order valence-corrected chi connectivity index (χ3v) is 3.19. The number of carbonyl (C=O) groups excluding carboxylic acids is 1. The molecule has 1 N–H and O–H groups in total. The average molecular weight is 256 g/mol. The van der Waals surface area contributed by atoms with Gasteiger partial charge in [0, 0.05) is 13.1 Å². The van der Waals surface area contributed by atoms with Crippen LogP contribution in [0.25, 0.3) is 0 Å². The lowest BCUT2D eigenvalue weighted by Crippen LogP contribution is -2.65. The molecule has 0 aliphatic carbocycles. The van der Waals surface area contributed by atoms with Crippen molar-refractivity contribution in [3.63, 3.8) is 0 Å². The van der Waals surface area contributed by atoms with Gasteiger partial charge in [0.05, 0.1) is 19.1 Å². The summed E-state index contributed by atoms with van der Waals surface area (Å²) in [6.07, 6.45) is 0.458. The molecule has 0 radical (unpaired) electrons. The predicted molar refractivity (Wildman–Crippen MR) is 65.4 cm³/mol. The molecule has 1 saturated heterocycles. The van der Waals surface area contributed by atoms with Crippen molar-refractivity contribution in [3.8, 4) is 11.5 Å². The number of methoxy groups -OCH3 is 1. The second kappa shape index (κ2) is 4.20. The smallest absolute Gasteiger partial charge is 0.170 e. The summed E-state index contributed by atoms with van der Waals surface area (Å²) in [5.41, 5.74) is 0.343. The summed E-state index contributed by atoms with van der Waals surface area (Å²) in [5, 5.41) is 3.14. The van der Waals surface area contributed by atoms with Crippen molar-refractivity contribution in [1.82, 2.24) is 5.32 Å². The Hall–Kier alpha value is -1.26. The van der Waals surface area contributed by atoms with Crippen molar-refractivity contribution >= 4 is 18.2 Å². The fourth-order valence-electron chi connectivity index (χ4n) is 2.20. The maximum Gasteiger partial charge on any atom is 0.170 e. The fraction of sp³-hybridized carbons (Fsp3) is 0.417. The Kier molecular flexibility index (Phi) is 3.02. The third kappa shape index (κ3) is 1.87. The highest BCUT2D eigenvalue weighted by Crippen LogP contribution is 2.36. The van der Waals surface area contributed by atoms with E-state index < -0.39 is 0 Å². The Morgan fingerprint density at radius 1 is 1.41 bits per heavy atom. The highest BCUT2D eigenvalue weighted by molar-refractivity contribution is 6.00. The number of ether oxygens (including phenoxy) is 2. The minimum atomic E-state index is -0.293. The molecule has 2 aliphatic rings. The lowest BCUT2D eigenvalue weighted by Gasteiger charge is -2.44. The molecule has 4 nitrogen and oxygen atoms in total. The van der Waals surface area contributed by atoms with E-state index in [1.807, 2.05) is 12.1 Å². The van der Waals surface area contributed by atoms with Gasteiger partial charge in [0.1, 0.15) is 17.1 Å². The molecule has 92 valence electrons. The molecule has 0 aromatic heterocycles. The second-order valence-corrected chi connectivity index (χ2v) is 4.35. The average Bonchev–Trinajstić information content (AvgIpc) is 2.26. The van der Waals surface area contributed by atoms with E-state index in [1.54, 1.807) is 13.2 Å². The first-order valence-corrected chi connectivity index (χ1v) is 5.33. The maximum atomic E-state index is 12.0. The lowest BCUT2D eigenvalue weighted by atomic mass is 9.85. The molecule has 0 saturated carbocycles. The number of Topliss-reactive ketones (excluding diaryl/α,β-unsaturated/α-hetero) is 1. The van der Waals surface area contributed by atoms with Crippen molar-refractivity contribution in [2.45, 2.75) is 12.0 Å². The summed E-state index contributed by atoms with van der Waals surface area (Å²) >= 11 is 0. The molecule has 0 atom stereocenters. The number of halogens is 1. The first kappa shape index (κ1) is 12.2. The molecule has 1 aromatic rings. The molecule has 0 unspecified atom stereocenters. The van der Waals surface area contributed by atoms with E-state index in [1.165, 1.54) is 0 Å². The number of hydrogen-bond donors (Lipinski definition) is 1. The topological polar surface area (TPSA) is 47.6 Å². The Balaban J connectivity index is 0.00000108. The van der Waals surface area contributed by atoms with Gasteiger partial charge >= 0.3 is 0 Å². The van der Waals surface area contributed by atoms with Gasteiger partial charge in [-0.2, -0.15) is 0 Å². The number of benzene rings is 1. The van der Waals surface area contributed by atoms with E-state index in [4.69, 9.17) is 9.47 Å². The van der Waals surface area contributed by atoms with E-state index in [0.717, 1.165) is 13.1 Å². The van der Waals surface area contributed by atoms with Crippen LogP contribution in [0.2, 0.25) is 0 Å². The van der Waals surface area contributed by atoms with Crippen molar-refractivity contribution in [2.24, 2.45) is 0 Å². The summed E-state index contributed by atoms with van der Waals surface area (Å²) < 4.78 is 11.0. The summed E-state index contributed by atoms with van der Waals surface area (Å²) in [4.78, 5) is 12.0. The first-order chi connectivity index (χ1) is 7.72. The molecule has 3 rings (SSSR count). The number of carbonyl (C=O) groups is 1. The minimum Gasteiger partial charge on any atom is -0.497 e. The van der Waals surface area contributed by atoms with Crippen LogP contribution >= 0.6 is 12.4 Å². The number of rotatable bonds is 1. The number of fused-ring (bicyclic) bond motifs is 1. The van der Waals surface area contributed by atoms with Gasteiger partial charge in [-0.1, -0.05) is 0 Å². The molecule has 2 aliphatic heterocycles. The van der Waals surface area contributed by atoms with Gasteiger partial charge in [-0.15, -0.1) is 12.4 Å². The standard InChI is InChI=1S/C12H13NO3.ClH/c1-15-8-2-3-11-9(4-8)10(14)5-12(16-11)6-13-7-12;/h2-4,13H,5-7H2,1H3;1H. The van der Waals surface area contributed by atoms with Crippen LogP contribution in [0.1, 0.15) is 16.8 Å². The van der Waals surface area contributed by atoms with Crippen LogP contribution in [0.15, 0.2) is 18.2 Å². The van der Waals surface area contributed by atoms with Crippen LogP contribution in [0.3, 0.4) is 0 Å². The molecule has 0 bridgehead atoms. The van der Waals surface area contributed by atoms with Crippen molar-refractivity contribution in [3.05, 3.63) is 23.8 Å². The van der Waals surface area contributed by atoms with Gasteiger partial charge in [-0.05, 0) is 18.2 Å². The molecular weight excluding hydrogens is 242 g/mol. The van der Waals surface area contributed by atoms with Crippen LogP contribution in [-0.2, 0) is 0 Å². The fourth-order valence-corrected chi connectivity index (χ4v) is 2.20. The Bertz CT molecular complexity index is 457. The van der Waals surface area contributed by atoms with Crippen molar-refractivity contribution < 1.29 is 14.3 Å². The molecule has 1 aromatic carbocycles. The summed E-state index contributed by atoms with van der Waals surface area (Å²) in [6, 6.07) is 5.37. The maximum absolute atomic E-state index is 12.0. The number of nitrogens with one attached hydrogen (secondary N) is 1. The van der Waals surface area contributed by atoms with E-state index in [9.17, 15) is 4.79 Å². The highest BCUT2D eigenvalue weighted by Gasteiger charge is 2.45.